The van der Waals surface area contributed by atoms with E-state index in [-0.39, 0.29) is 35.9 Å². The molecule has 6 nitrogen and oxygen atoms in total. The Balaban J connectivity index is 0.00000220. The fourth-order valence-corrected chi connectivity index (χ4v) is 1.57. The summed E-state index contributed by atoms with van der Waals surface area (Å²) in [5.41, 5.74) is 6.39. The lowest BCUT2D eigenvalue weighted by atomic mass is 10.2. The number of nitrogens with zero attached hydrogens (tertiary/aromatic N) is 3. The summed E-state index contributed by atoms with van der Waals surface area (Å²) >= 11 is 0. The number of halogens is 2. The van der Waals surface area contributed by atoms with E-state index in [0.717, 1.165) is 0 Å². The summed E-state index contributed by atoms with van der Waals surface area (Å²) in [6.07, 6.45) is 2.06. The van der Waals surface area contributed by atoms with Crippen molar-refractivity contribution in [2.75, 3.05) is 6.54 Å². The maximum Gasteiger partial charge on any atom is 0.273 e. The number of hydrogen-bond acceptors (Lipinski definition) is 4. The van der Waals surface area contributed by atoms with E-state index in [4.69, 9.17) is 5.73 Å². The molecule has 1 aromatic heterocycles. The van der Waals surface area contributed by atoms with Crippen molar-refractivity contribution >= 4 is 18.3 Å². The van der Waals surface area contributed by atoms with Crippen LogP contribution in [0.3, 0.4) is 0 Å². The van der Waals surface area contributed by atoms with E-state index in [1.807, 2.05) is 6.92 Å². The summed E-state index contributed by atoms with van der Waals surface area (Å²) in [6, 6.07) is 5.72. The van der Waals surface area contributed by atoms with Crippen LogP contribution in [0.2, 0.25) is 0 Å². The normalized spacial score (nSPS) is 11.6. The Kier molecular flexibility index (Phi) is 6.26. The zero-order valence-corrected chi connectivity index (χ0v) is 12.3. The van der Waals surface area contributed by atoms with Gasteiger partial charge in [0, 0.05) is 12.6 Å². The van der Waals surface area contributed by atoms with Gasteiger partial charge in [0.25, 0.3) is 5.91 Å². The molecule has 0 aliphatic rings. The van der Waals surface area contributed by atoms with Crippen molar-refractivity contribution in [3.05, 3.63) is 42.0 Å². The van der Waals surface area contributed by atoms with Crippen LogP contribution in [0.15, 0.2) is 30.5 Å². The predicted molar refractivity (Wildman–Crippen MR) is 79.2 cm³/mol. The number of nitrogens with one attached hydrogen (secondary N) is 1. The van der Waals surface area contributed by atoms with Crippen molar-refractivity contribution < 1.29 is 9.18 Å². The predicted octanol–water partition coefficient (Wildman–Crippen LogP) is 1.30. The van der Waals surface area contributed by atoms with Crippen molar-refractivity contribution in [1.29, 1.82) is 0 Å². The lowest BCUT2D eigenvalue weighted by Crippen LogP contribution is -2.29. The van der Waals surface area contributed by atoms with Crippen LogP contribution in [0.5, 0.6) is 0 Å². The SMILES string of the molecule is CC(N)CCNC(=O)c1cnn(-c2ccc(F)cc2)n1.Cl. The highest BCUT2D eigenvalue weighted by atomic mass is 35.5. The summed E-state index contributed by atoms with van der Waals surface area (Å²) < 4.78 is 12.8. The molecule has 2 rings (SSSR count). The van der Waals surface area contributed by atoms with E-state index in [1.54, 1.807) is 0 Å². The molecule has 1 unspecified atom stereocenters. The van der Waals surface area contributed by atoms with Gasteiger partial charge in [-0.25, -0.2) is 4.39 Å². The largest absolute Gasteiger partial charge is 0.351 e. The average Bonchev–Trinajstić information content (AvgIpc) is 2.88. The van der Waals surface area contributed by atoms with Crippen molar-refractivity contribution in [2.24, 2.45) is 5.73 Å². The number of carbonyl (C=O) groups excluding carboxylic acids is 1. The van der Waals surface area contributed by atoms with E-state index < -0.39 is 0 Å². The van der Waals surface area contributed by atoms with Gasteiger partial charge in [0.2, 0.25) is 0 Å². The second kappa shape index (κ2) is 7.70. The molecule has 1 atom stereocenters. The van der Waals surface area contributed by atoms with E-state index in [9.17, 15) is 9.18 Å². The zero-order chi connectivity index (χ0) is 14.5. The highest BCUT2D eigenvalue weighted by molar-refractivity contribution is 5.91. The van der Waals surface area contributed by atoms with Crippen LogP contribution >= 0.6 is 12.4 Å². The Morgan fingerprint density at radius 3 is 2.71 bits per heavy atom. The monoisotopic (exact) mass is 313 g/mol. The first-order valence-electron chi connectivity index (χ1n) is 6.28. The smallest absolute Gasteiger partial charge is 0.273 e. The fourth-order valence-electron chi connectivity index (χ4n) is 1.57. The van der Waals surface area contributed by atoms with Gasteiger partial charge in [-0.2, -0.15) is 9.90 Å². The van der Waals surface area contributed by atoms with Crippen LogP contribution in [0.25, 0.3) is 5.69 Å². The first-order valence-corrected chi connectivity index (χ1v) is 6.28. The second-order valence-corrected chi connectivity index (χ2v) is 4.52. The third-order valence-corrected chi connectivity index (χ3v) is 2.67. The summed E-state index contributed by atoms with van der Waals surface area (Å²) in [5.74, 6) is -0.645. The van der Waals surface area contributed by atoms with Crippen LogP contribution in [-0.2, 0) is 0 Å². The quantitative estimate of drug-likeness (QED) is 0.871. The van der Waals surface area contributed by atoms with Crippen molar-refractivity contribution in [2.45, 2.75) is 19.4 Å². The molecule has 0 aliphatic carbocycles. The summed E-state index contributed by atoms with van der Waals surface area (Å²) in [5, 5.41) is 10.7. The maximum absolute atomic E-state index is 12.8. The zero-order valence-electron chi connectivity index (χ0n) is 11.5. The minimum Gasteiger partial charge on any atom is -0.351 e. The highest BCUT2D eigenvalue weighted by Crippen LogP contribution is 2.06. The standard InChI is InChI=1S/C13H16FN5O.ClH/c1-9(15)6-7-16-13(20)12-8-17-19(18-12)11-4-2-10(14)3-5-11;/h2-5,8-9H,6-7,15H2,1H3,(H,16,20);1H. The molecule has 0 fully saturated rings. The minimum absolute atomic E-state index is 0. The molecule has 8 heteroatoms. The van der Waals surface area contributed by atoms with Gasteiger partial charge < -0.3 is 11.1 Å². The first-order chi connectivity index (χ1) is 9.56. The first kappa shape index (κ1) is 17.1. The third-order valence-electron chi connectivity index (χ3n) is 2.67. The molecule has 0 bridgehead atoms. The molecule has 1 aromatic carbocycles. The number of hydrogen-bond donors (Lipinski definition) is 2. The summed E-state index contributed by atoms with van der Waals surface area (Å²) in [6.45, 7) is 2.36. The summed E-state index contributed by atoms with van der Waals surface area (Å²) in [7, 11) is 0. The van der Waals surface area contributed by atoms with Gasteiger partial charge in [0.05, 0.1) is 11.9 Å². The number of nitrogens with two attached hydrogens (primary N) is 1. The Hall–Kier alpha value is -1.99. The van der Waals surface area contributed by atoms with E-state index >= 15 is 0 Å². The van der Waals surface area contributed by atoms with Gasteiger partial charge in [-0.05, 0) is 37.6 Å². The van der Waals surface area contributed by atoms with E-state index in [2.05, 4.69) is 15.5 Å². The van der Waals surface area contributed by atoms with Crippen LogP contribution in [0.4, 0.5) is 4.39 Å². The van der Waals surface area contributed by atoms with Gasteiger partial charge >= 0.3 is 0 Å². The van der Waals surface area contributed by atoms with Crippen LogP contribution in [-0.4, -0.2) is 33.5 Å². The Morgan fingerprint density at radius 2 is 2.10 bits per heavy atom. The van der Waals surface area contributed by atoms with Crippen LogP contribution in [0.1, 0.15) is 23.8 Å². The molecule has 1 heterocycles. The summed E-state index contributed by atoms with van der Waals surface area (Å²) in [4.78, 5) is 13.1. The number of rotatable bonds is 5. The number of amides is 1. The Labute approximate surface area is 127 Å². The molecule has 114 valence electrons. The molecule has 0 saturated carbocycles. The molecule has 0 spiro atoms. The lowest BCUT2D eigenvalue weighted by molar-refractivity contribution is 0.0947. The van der Waals surface area contributed by atoms with E-state index in [0.29, 0.717) is 18.7 Å². The lowest BCUT2D eigenvalue weighted by Gasteiger charge is -2.05. The van der Waals surface area contributed by atoms with Crippen LogP contribution in [0, 0.1) is 5.82 Å². The number of benzene rings is 1. The molecule has 0 saturated heterocycles. The molecule has 2 aromatic rings. The second-order valence-electron chi connectivity index (χ2n) is 4.52. The van der Waals surface area contributed by atoms with Crippen LogP contribution < -0.4 is 11.1 Å². The maximum atomic E-state index is 12.8. The Morgan fingerprint density at radius 1 is 1.43 bits per heavy atom. The minimum atomic E-state index is -0.338. The van der Waals surface area contributed by atoms with E-state index in [1.165, 1.54) is 35.3 Å². The number of carbonyl (C=O) groups is 1. The molecular formula is C13H17ClFN5O. The molecule has 3 N–H and O–H groups in total. The van der Waals surface area contributed by atoms with Gasteiger partial charge in [-0.3, -0.25) is 4.79 Å². The van der Waals surface area contributed by atoms with Crippen molar-refractivity contribution in [1.82, 2.24) is 20.3 Å². The van der Waals surface area contributed by atoms with Gasteiger partial charge in [0.1, 0.15) is 5.82 Å². The molecule has 0 radical (unpaired) electrons. The van der Waals surface area contributed by atoms with Crippen molar-refractivity contribution in [3.8, 4) is 5.69 Å². The molecule has 1 amide bonds. The van der Waals surface area contributed by atoms with Gasteiger partial charge in [-0.15, -0.1) is 17.5 Å². The van der Waals surface area contributed by atoms with Gasteiger partial charge in [-0.1, -0.05) is 0 Å². The third kappa shape index (κ3) is 4.80. The highest BCUT2D eigenvalue weighted by Gasteiger charge is 2.11. The fraction of sp³-hybridized carbons (Fsp3) is 0.308. The average molecular weight is 314 g/mol. The van der Waals surface area contributed by atoms with Gasteiger partial charge in [0.15, 0.2) is 5.69 Å². The Bertz CT molecular complexity index is 585. The number of aromatic nitrogens is 3. The molecule has 21 heavy (non-hydrogen) atoms. The topological polar surface area (TPSA) is 85.8 Å². The van der Waals surface area contributed by atoms with Crippen molar-refractivity contribution in [3.63, 3.8) is 0 Å². The molecular weight excluding hydrogens is 297 g/mol. The molecule has 0 aliphatic heterocycles.